The van der Waals surface area contributed by atoms with Crippen molar-refractivity contribution >= 4 is 34.9 Å². The summed E-state index contributed by atoms with van der Waals surface area (Å²) in [6, 6.07) is 2.90. The minimum Gasteiger partial charge on any atom is -0.480 e. The third kappa shape index (κ3) is 3.18. The van der Waals surface area contributed by atoms with E-state index in [0.29, 0.717) is 16.5 Å². The first-order valence-corrected chi connectivity index (χ1v) is 4.74. The maximum atomic E-state index is 10.8. The van der Waals surface area contributed by atoms with Gasteiger partial charge in [0.05, 0.1) is 22.8 Å². The van der Waals surface area contributed by atoms with Gasteiger partial charge in [0, 0.05) is 6.07 Å². The van der Waals surface area contributed by atoms with Gasteiger partial charge < -0.3 is 15.2 Å². The van der Waals surface area contributed by atoms with Gasteiger partial charge in [-0.1, -0.05) is 23.2 Å². The lowest BCUT2D eigenvalue weighted by Gasteiger charge is -2.08. The molecule has 0 aliphatic heterocycles. The lowest BCUT2D eigenvalue weighted by Crippen LogP contribution is -2.12. The second kappa shape index (κ2) is 5.09. The number of esters is 1. The maximum Gasteiger partial charge on any atom is 0.343 e. The first-order chi connectivity index (χ1) is 7.04. The van der Waals surface area contributed by atoms with Crippen LogP contribution in [0.3, 0.4) is 0 Å². The Morgan fingerprint density at radius 3 is 2.67 bits per heavy atom. The van der Waals surface area contributed by atoms with Crippen molar-refractivity contribution in [1.29, 1.82) is 0 Å². The summed E-state index contributed by atoms with van der Waals surface area (Å²) in [7, 11) is 1.27. The second-order valence-corrected chi connectivity index (χ2v) is 3.48. The van der Waals surface area contributed by atoms with Crippen LogP contribution in [0.25, 0.3) is 0 Å². The number of halogens is 2. The average Bonchev–Trinajstić information content (AvgIpc) is 2.21. The van der Waals surface area contributed by atoms with Crippen molar-refractivity contribution in [2.24, 2.45) is 0 Å². The van der Waals surface area contributed by atoms with Crippen LogP contribution in [0.4, 0.5) is 5.69 Å². The molecule has 0 fully saturated rings. The molecule has 0 radical (unpaired) electrons. The Bertz CT molecular complexity index is 382. The summed E-state index contributed by atoms with van der Waals surface area (Å²) >= 11 is 11.5. The Morgan fingerprint density at radius 1 is 1.40 bits per heavy atom. The second-order valence-electron chi connectivity index (χ2n) is 2.67. The zero-order valence-corrected chi connectivity index (χ0v) is 9.43. The number of hydrogen-bond donors (Lipinski definition) is 1. The lowest BCUT2D eigenvalue weighted by molar-refractivity contribution is -0.142. The Morgan fingerprint density at radius 2 is 2.07 bits per heavy atom. The Labute approximate surface area is 96.9 Å². The number of anilines is 1. The average molecular weight is 250 g/mol. The van der Waals surface area contributed by atoms with Crippen LogP contribution in [0.5, 0.6) is 5.75 Å². The fraction of sp³-hybridized carbons (Fsp3) is 0.222. The molecule has 0 bridgehead atoms. The molecule has 1 aromatic carbocycles. The molecular weight excluding hydrogens is 241 g/mol. The first-order valence-electron chi connectivity index (χ1n) is 3.98. The molecule has 2 N–H and O–H groups in total. The zero-order valence-electron chi connectivity index (χ0n) is 7.92. The SMILES string of the molecule is COC(=O)COc1cc(N)c(Cl)cc1Cl. The predicted octanol–water partition coefficient (Wildman–Crippen LogP) is 2.13. The molecule has 0 heterocycles. The number of nitrogens with two attached hydrogens (primary N) is 1. The van der Waals surface area contributed by atoms with Crippen molar-refractivity contribution in [3.63, 3.8) is 0 Å². The van der Waals surface area contributed by atoms with Gasteiger partial charge in [-0.25, -0.2) is 4.79 Å². The molecular formula is C9H9Cl2NO3. The van der Waals surface area contributed by atoms with Crippen LogP contribution in [0.1, 0.15) is 0 Å². The number of carbonyl (C=O) groups excluding carboxylic acids is 1. The van der Waals surface area contributed by atoms with Gasteiger partial charge in [0.15, 0.2) is 6.61 Å². The number of hydrogen-bond acceptors (Lipinski definition) is 4. The first kappa shape index (κ1) is 11.9. The highest BCUT2D eigenvalue weighted by molar-refractivity contribution is 6.37. The van der Waals surface area contributed by atoms with Crippen molar-refractivity contribution in [2.75, 3.05) is 19.5 Å². The van der Waals surface area contributed by atoms with Gasteiger partial charge in [-0.05, 0) is 6.07 Å². The number of rotatable bonds is 3. The van der Waals surface area contributed by atoms with Gasteiger partial charge in [0.2, 0.25) is 0 Å². The molecule has 15 heavy (non-hydrogen) atoms. The van der Waals surface area contributed by atoms with Crippen LogP contribution in [-0.2, 0) is 9.53 Å². The molecule has 0 saturated carbocycles. The van der Waals surface area contributed by atoms with E-state index in [0.717, 1.165) is 0 Å². The monoisotopic (exact) mass is 249 g/mol. The summed E-state index contributed by atoms with van der Waals surface area (Å²) in [5.74, 6) is -0.205. The number of nitrogen functional groups attached to an aromatic ring is 1. The Balaban J connectivity index is 2.77. The topological polar surface area (TPSA) is 61.5 Å². The quantitative estimate of drug-likeness (QED) is 0.659. The molecule has 0 aliphatic rings. The highest BCUT2D eigenvalue weighted by atomic mass is 35.5. The molecule has 6 heteroatoms. The fourth-order valence-corrected chi connectivity index (χ4v) is 1.29. The van der Waals surface area contributed by atoms with Crippen LogP contribution < -0.4 is 10.5 Å². The minimum atomic E-state index is -0.500. The van der Waals surface area contributed by atoms with E-state index in [1.807, 2.05) is 0 Å². The number of benzene rings is 1. The van der Waals surface area contributed by atoms with Crippen molar-refractivity contribution in [2.45, 2.75) is 0 Å². The van der Waals surface area contributed by atoms with Gasteiger partial charge >= 0.3 is 5.97 Å². The van der Waals surface area contributed by atoms with E-state index in [9.17, 15) is 4.79 Å². The van der Waals surface area contributed by atoms with Crippen LogP contribution in [0.2, 0.25) is 10.0 Å². The molecule has 1 aromatic rings. The predicted molar refractivity (Wildman–Crippen MR) is 58.4 cm³/mol. The summed E-state index contributed by atoms with van der Waals surface area (Å²) in [6.07, 6.45) is 0. The molecule has 82 valence electrons. The van der Waals surface area contributed by atoms with Crippen LogP contribution in [-0.4, -0.2) is 19.7 Å². The minimum absolute atomic E-state index is 0.225. The van der Waals surface area contributed by atoms with Crippen molar-refractivity contribution in [3.8, 4) is 5.75 Å². The normalized spacial score (nSPS) is 9.80. The summed E-state index contributed by atoms with van der Waals surface area (Å²) in [5.41, 5.74) is 5.88. The molecule has 0 atom stereocenters. The summed E-state index contributed by atoms with van der Waals surface area (Å²) in [6.45, 7) is -0.225. The highest BCUT2D eigenvalue weighted by Gasteiger charge is 2.08. The Hall–Kier alpha value is -1.13. The standard InChI is InChI=1S/C9H9Cl2NO3/c1-14-9(13)4-15-8-3-7(12)5(10)2-6(8)11/h2-3H,4,12H2,1H3. The third-order valence-corrected chi connectivity index (χ3v) is 2.25. The van der Waals surface area contributed by atoms with E-state index in [1.54, 1.807) is 0 Å². The summed E-state index contributed by atoms with van der Waals surface area (Å²) in [4.78, 5) is 10.8. The highest BCUT2D eigenvalue weighted by Crippen LogP contribution is 2.32. The molecule has 0 unspecified atom stereocenters. The van der Waals surface area contributed by atoms with E-state index in [4.69, 9.17) is 33.7 Å². The number of ether oxygens (including phenoxy) is 2. The molecule has 0 aromatic heterocycles. The van der Waals surface area contributed by atoms with Crippen molar-refractivity contribution in [3.05, 3.63) is 22.2 Å². The van der Waals surface area contributed by atoms with Gasteiger partial charge in [-0.2, -0.15) is 0 Å². The molecule has 1 rings (SSSR count). The zero-order chi connectivity index (χ0) is 11.4. The number of methoxy groups -OCH3 is 1. The largest absolute Gasteiger partial charge is 0.480 e. The fourth-order valence-electron chi connectivity index (χ4n) is 0.851. The van der Waals surface area contributed by atoms with E-state index in [1.165, 1.54) is 19.2 Å². The van der Waals surface area contributed by atoms with E-state index in [2.05, 4.69) is 4.74 Å². The molecule has 0 amide bonds. The smallest absolute Gasteiger partial charge is 0.343 e. The van der Waals surface area contributed by atoms with Gasteiger partial charge in [0.1, 0.15) is 5.75 Å². The summed E-state index contributed by atoms with van der Waals surface area (Å²) < 4.78 is 9.48. The van der Waals surface area contributed by atoms with Gasteiger partial charge in [-0.15, -0.1) is 0 Å². The van der Waals surface area contributed by atoms with Gasteiger partial charge in [-0.3, -0.25) is 0 Å². The van der Waals surface area contributed by atoms with Crippen LogP contribution in [0.15, 0.2) is 12.1 Å². The van der Waals surface area contributed by atoms with Crippen molar-refractivity contribution in [1.82, 2.24) is 0 Å². The van der Waals surface area contributed by atoms with E-state index >= 15 is 0 Å². The van der Waals surface area contributed by atoms with E-state index in [-0.39, 0.29) is 11.6 Å². The molecule has 0 saturated heterocycles. The molecule has 0 aliphatic carbocycles. The molecule has 4 nitrogen and oxygen atoms in total. The van der Waals surface area contributed by atoms with Crippen LogP contribution >= 0.6 is 23.2 Å². The maximum absolute atomic E-state index is 10.8. The summed E-state index contributed by atoms with van der Waals surface area (Å²) in [5, 5.41) is 0.628. The van der Waals surface area contributed by atoms with Gasteiger partial charge in [0.25, 0.3) is 0 Å². The van der Waals surface area contributed by atoms with E-state index < -0.39 is 5.97 Å². The number of carbonyl (C=O) groups is 1. The Kier molecular flexibility index (Phi) is 4.05. The van der Waals surface area contributed by atoms with Crippen molar-refractivity contribution < 1.29 is 14.3 Å². The lowest BCUT2D eigenvalue weighted by atomic mass is 10.3. The molecule has 0 spiro atoms. The third-order valence-electron chi connectivity index (χ3n) is 1.62. The van der Waals surface area contributed by atoms with Crippen LogP contribution in [0, 0.1) is 0 Å².